The molecule has 0 fully saturated rings. The van der Waals surface area contributed by atoms with E-state index in [1.807, 2.05) is 24.3 Å². The molecule has 0 aliphatic rings. The lowest BCUT2D eigenvalue weighted by Gasteiger charge is -2.09. The molecular weight excluding hydrogens is 350 g/mol. The molecule has 2 rings (SSSR count). The van der Waals surface area contributed by atoms with Crippen LogP contribution in [0.4, 0.5) is 17.3 Å². The molecule has 0 aliphatic heterocycles. The number of nitrogen functional groups attached to an aromatic ring is 1. The van der Waals surface area contributed by atoms with Crippen molar-refractivity contribution in [3.8, 4) is 0 Å². The second-order valence-electron chi connectivity index (χ2n) is 3.16. The van der Waals surface area contributed by atoms with Gasteiger partial charge in [-0.1, -0.05) is 22.0 Å². The van der Waals surface area contributed by atoms with Crippen LogP contribution in [0.5, 0.6) is 0 Å². The van der Waals surface area contributed by atoms with Crippen molar-refractivity contribution in [1.29, 1.82) is 0 Å². The lowest BCUT2D eigenvalue weighted by molar-refractivity contribution is 1.12. The van der Waals surface area contributed by atoms with Crippen LogP contribution in [0.3, 0.4) is 0 Å². The Kier molecular flexibility index (Phi) is 3.93. The van der Waals surface area contributed by atoms with Gasteiger partial charge in [0.15, 0.2) is 5.82 Å². The largest absolute Gasteiger partial charge is 0.339 e. The predicted molar refractivity (Wildman–Crippen MR) is 75.0 cm³/mol. The van der Waals surface area contributed by atoms with Crippen LogP contribution >= 0.6 is 31.9 Å². The number of rotatable bonds is 3. The number of aromatic nitrogens is 2. The quantitative estimate of drug-likeness (QED) is 0.580. The van der Waals surface area contributed by atoms with Gasteiger partial charge in [-0.25, -0.2) is 15.8 Å². The summed E-state index contributed by atoms with van der Waals surface area (Å²) in [6.45, 7) is 0. The van der Waals surface area contributed by atoms with Crippen LogP contribution < -0.4 is 16.6 Å². The molecule has 4 N–H and O–H groups in total. The minimum absolute atomic E-state index is 0.525. The summed E-state index contributed by atoms with van der Waals surface area (Å²) in [4.78, 5) is 8.11. The number of halogens is 2. The maximum Gasteiger partial charge on any atom is 0.159 e. The van der Waals surface area contributed by atoms with Crippen LogP contribution in [0.2, 0.25) is 0 Å². The first kappa shape index (κ1) is 12.3. The molecule has 1 heterocycles. The molecule has 0 aliphatic carbocycles. The van der Waals surface area contributed by atoms with Crippen molar-refractivity contribution in [2.45, 2.75) is 0 Å². The molecule has 2 aromatic rings. The van der Waals surface area contributed by atoms with Gasteiger partial charge < -0.3 is 10.7 Å². The van der Waals surface area contributed by atoms with Crippen molar-refractivity contribution >= 4 is 49.2 Å². The van der Waals surface area contributed by atoms with Gasteiger partial charge in [-0.15, -0.1) is 0 Å². The fraction of sp³-hybridized carbons (Fsp3) is 0. The molecule has 0 spiro atoms. The van der Waals surface area contributed by atoms with Crippen molar-refractivity contribution in [2.24, 2.45) is 5.84 Å². The van der Waals surface area contributed by atoms with E-state index in [1.54, 1.807) is 0 Å². The van der Waals surface area contributed by atoms with E-state index in [0.29, 0.717) is 16.1 Å². The van der Waals surface area contributed by atoms with Crippen LogP contribution in [0.15, 0.2) is 39.5 Å². The predicted octanol–water partition coefficient (Wildman–Crippen LogP) is 3.03. The van der Waals surface area contributed by atoms with Gasteiger partial charge in [-0.05, 0) is 34.1 Å². The molecule has 1 aromatic heterocycles. The molecule has 1 aromatic carbocycles. The van der Waals surface area contributed by atoms with Gasteiger partial charge >= 0.3 is 0 Å². The highest BCUT2D eigenvalue weighted by Crippen LogP contribution is 2.28. The van der Waals surface area contributed by atoms with E-state index in [1.165, 1.54) is 6.33 Å². The molecule has 0 bridgehead atoms. The van der Waals surface area contributed by atoms with Crippen molar-refractivity contribution in [2.75, 3.05) is 10.7 Å². The summed E-state index contributed by atoms with van der Waals surface area (Å²) in [5.41, 5.74) is 3.40. The van der Waals surface area contributed by atoms with E-state index in [4.69, 9.17) is 5.84 Å². The van der Waals surface area contributed by atoms with E-state index >= 15 is 0 Å². The van der Waals surface area contributed by atoms with Crippen LogP contribution in [0.25, 0.3) is 0 Å². The van der Waals surface area contributed by atoms with Crippen LogP contribution in [0, 0.1) is 0 Å². The molecule has 17 heavy (non-hydrogen) atoms. The van der Waals surface area contributed by atoms with E-state index in [0.717, 1.165) is 10.2 Å². The number of nitrogens with one attached hydrogen (secondary N) is 2. The summed E-state index contributed by atoms with van der Waals surface area (Å²) in [6.07, 6.45) is 1.43. The lowest BCUT2D eigenvalue weighted by atomic mass is 10.3. The molecule has 0 saturated carbocycles. The van der Waals surface area contributed by atoms with Crippen molar-refractivity contribution < 1.29 is 0 Å². The van der Waals surface area contributed by atoms with Gasteiger partial charge in [0, 0.05) is 10.2 Å². The molecule has 5 nitrogen and oxygen atoms in total. The Labute approximate surface area is 115 Å². The average Bonchev–Trinajstić information content (AvgIpc) is 2.32. The van der Waals surface area contributed by atoms with Gasteiger partial charge in [-0.2, -0.15) is 0 Å². The number of anilines is 3. The first-order valence-electron chi connectivity index (χ1n) is 4.70. The highest BCUT2D eigenvalue weighted by atomic mass is 79.9. The summed E-state index contributed by atoms with van der Waals surface area (Å²) < 4.78 is 1.67. The molecule has 7 heteroatoms. The smallest absolute Gasteiger partial charge is 0.159 e. The summed E-state index contributed by atoms with van der Waals surface area (Å²) in [6, 6.07) is 7.77. The Morgan fingerprint density at radius 2 is 1.88 bits per heavy atom. The van der Waals surface area contributed by atoms with E-state index in [9.17, 15) is 0 Å². The third-order valence-electron chi connectivity index (χ3n) is 2.01. The number of benzene rings is 1. The SMILES string of the molecule is NNc1ncnc(Nc2cccc(Br)c2)c1Br. The average molecular weight is 359 g/mol. The molecular formula is C10H9Br2N5. The number of hydrazine groups is 1. The van der Waals surface area contributed by atoms with Gasteiger partial charge in [0.05, 0.1) is 0 Å². The van der Waals surface area contributed by atoms with Crippen molar-refractivity contribution in [1.82, 2.24) is 9.97 Å². The zero-order valence-corrected chi connectivity index (χ0v) is 11.8. The number of hydrogen-bond donors (Lipinski definition) is 3. The standard InChI is InChI=1S/C10H9Br2N5/c11-6-2-1-3-7(4-6)16-9-8(12)10(17-13)15-5-14-9/h1-5H,13H2,(H2,14,15,16,17). The second kappa shape index (κ2) is 5.44. The number of hydrogen-bond acceptors (Lipinski definition) is 5. The molecule has 0 saturated heterocycles. The van der Waals surface area contributed by atoms with Gasteiger partial charge in [-0.3, -0.25) is 0 Å². The monoisotopic (exact) mass is 357 g/mol. The Morgan fingerprint density at radius 1 is 1.12 bits per heavy atom. The van der Waals surface area contributed by atoms with Gasteiger partial charge in [0.25, 0.3) is 0 Å². The topological polar surface area (TPSA) is 75.9 Å². The fourth-order valence-electron chi connectivity index (χ4n) is 1.26. The third-order valence-corrected chi connectivity index (χ3v) is 3.26. The third kappa shape index (κ3) is 2.93. The maximum absolute atomic E-state index is 5.33. The Morgan fingerprint density at radius 3 is 2.59 bits per heavy atom. The zero-order valence-electron chi connectivity index (χ0n) is 8.61. The summed E-state index contributed by atoms with van der Waals surface area (Å²) >= 11 is 6.78. The Balaban J connectivity index is 2.30. The van der Waals surface area contributed by atoms with E-state index in [2.05, 4.69) is 52.6 Å². The Bertz CT molecular complexity index is 532. The van der Waals surface area contributed by atoms with Gasteiger partial charge in [0.2, 0.25) is 0 Å². The normalized spacial score (nSPS) is 10.1. The first-order chi connectivity index (χ1) is 8.20. The Hall–Kier alpha value is -1.18. The van der Waals surface area contributed by atoms with Crippen LogP contribution in [0.1, 0.15) is 0 Å². The highest BCUT2D eigenvalue weighted by Gasteiger charge is 2.07. The lowest BCUT2D eigenvalue weighted by Crippen LogP contribution is -2.10. The minimum Gasteiger partial charge on any atom is -0.339 e. The molecule has 0 atom stereocenters. The molecule has 0 amide bonds. The first-order valence-corrected chi connectivity index (χ1v) is 6.29. The van der Waals surface area contributed by atoms with Crippen molar-refractivity contribution in [3.05, 3.63) is 39.5 Å². The minimum atomic E-state index is 0.525. The number of nitrogens with zero attached hydrogens (tertiary/aromatic N) is 2. The zero-order chi connectivity index (χ0) is 12.3. The second-order valence-corrected chi connectivity index (χ2v) is 4.87. The highest BCUT2D eigenvalue weighted by molar-refractivity contribution is 9.11. The van der Waals surface area contributed by atoms with Crippen molar-refractivity contribution in [3.63, 3.8) is 0 Å². The molecule has 0 unspecified atom stereocenters. The summed E-state index contributed by atoms with van der Waals surface area (Å²) in [5.74, 6) is 6.50. The fourth-order valence-corrected chi connectivity index (χ4v) is 2.08. The summed E-state index contributed by atoms with van der Waals surface area (Å²) in [7, 11) is 0. The number of nitrogens with two attached hydrogens (primary N) is 1. The van der Waals surface area contributed by atoms with E-state index in [-0.39, 0.29) is 0 Å². The maximum atomic E-state index is 5.33. The van der Waals surface area contributed by atoms with Crippen LogP contribution in [-0.2, 0) is 0 Å². The molecule has 0 radical (unpaired) electrons. The summed E-state index contributed by atoms with van der Waals surface area (Å²) in [5, 5.41) is 3.16. The van der Waals surface area contributed by atoms with Gasteiger partial charge in [0.1, 0.15) is 16.6 Å². The molecule has 88 valence electrons. The van der Waals surface area contributed by atoms with E-state index < -0.39 is 0 Å². The van der Waals surface area contributed by atoms with Crippen LogP contribution in [-0.4, -0.2) is 9.97 Å².